The van der Waals surface area contributed by atoms with Gasteiger partial charge in [-0.05, 0) is 13.3 Å². The van der Waals surface area contributed by atoms with Gasteiger partial charge in [0, 0.05) is 11.6 Å². The van der Waals surface area contributed by atoms with Gasteiger partial charge >= 0.3 is 11.9 Å². The quantitative estimate of drug-likeness (QED) is 0.534. The number of hydrogen-bond acceptors (Lipinski definition) is 2. The molecule has 0 bridgehead atoms. The van der Waals surface area contributed by atoms with E-state index in [1.807, 2.05) is 0 Å². The number of rotatable bonds is 4. The van der Waals surface area contributed by atoms with Gasteiger partial charge in [0.1, 0.15) is 0 Å². The highest BCUT2D eigenvalue weighted by Gasteiger charge is 1.95. The molecule has 0 aromatic heterocycles. The van der Waals surface area contributed by atoms with Gasteiger partial charge in [0.25, 0.3) is 0 Å². The number of carbonyl (C=O) groups is 2. The Balaban J connectivity index is 0. The highest BCUT2D eigenvalue weighted by atomic mass is 16.4. The van der Waals surface area contributed by atoms with Gasteiger partial charge in [0.05, 0.1) is 0 Å². The standard InChI is InChI=1S/C7H10O2.C3H4O2/c1-3-4-5-6(2)7(8)9;1-2-3(4)5/h3,5H,1,4H2,2H3,(H,8,9);2H,1H2,(H,4,5). The normalized spacial score (nSPS) is 9.36. The Morgan fingerprint density at radius 3 is 1.93 bits per heavy atom. The van der Waals surface area contributed by atoms with Gasteiger partial charge in [-0.15, -0.1) is 6.58 Å². The Morgan fingerprint density at radius 1 is 1.29 bits per heavy atom. The minimum atomic E-state index is -0.981. The summed E-state index contributed by atoms with van der Waals surface area (Å²) in [5.74, 6) is -1.85. The van der Waals surface area contributed by atoms with Crippen molar-refractivity contribution in [1.82, 2.24) is 0 Å². The largest absolute Gasteiger partial charge is 0.478 e. The highest BCUT2D eigenvalue weighted by molar-refractivity contribution is 5.85. The first kappa shape index (κ1) is 14.7. The van der Waals surface area contributed by atoms with E-state index >= 15 is 0 Å². The van der Waals surface area contributed by atoms with Crippen LogP contribution in [0.5, 0.6) is 0 Å². The van der Waals surface area contributed by atoms with Gasteiger partial charge in [0.2, 0.25) is 0 Å². The third-order valence-corrected chi connectivity index (χ3v) is 1.10. The van der Waals surface area contributed by atoms with Gasteiger partial charge in [0.15, 0.2) is 0 Å². The molecule has 0 amide bonds. The van der Waals surface area contributed by atoms with Gasteiger partial charge in [-0.3, -0.25) is 0 Å². The van der Waals surface area contributed by atoms with Gasteiger partial charge < -0.3 is 10.2 Å². The van der Waals surface area contributed by atoms with Crippen molar-refractivity contribution in [1.29, 1.82) is 0 Å². The van der Waals surface area contributed by atoms with Crippen LogP contribution in [0.1, 0.15) is 13.3 Å². The van der Waals surface area contributed by atoms with Gasteiger partial charge in [-0.25, -0.2) is 9.59 Å². The molecule has 0 aromatic carbocycles. The lowest BCUT2D eigenvalue weighted by molar-refractivity contribution is -0.133. The Bertz CT molecular complexity index is 251. The fraction of sp³-hybridized carbons (Fsp3) is 0.200. The second-order valence-corrected chi connectivity index (χ2v) is 2.26. The molecule has 0 aromatic rings. The molecule has 0 heterocycles. The zero-order chi connectivity index (χ0) is 11.6. The van der Waals surface area contributed by atoms with Gasteiger partial charge in [-0.1, -0.05) is 18.7 Å². The van der Waals surface area contributed by atoms with E-state index in [-0.39, 0.29) is 0 Å². The first-order valence-electron chi connectivity index (χ1n) is 3.82. The second-order valence-electron chi connectivity index (χ2n) is 2.26. The second kappa shape index (κ2) is 9.25. The monoisotopic (exact) mass is 198 g/mol. The van der Waals surface area contributed by atoms with Crippen LogP contribution in [-0.4, -0.2) is 22.2 Å². The third kappa shape index (κ3) is 12.8. The molecule has 4 heteroatoms. The average molecular weight is 198 g/mol. The summed E-state index contributed by atoms with van der Waals surface area (Å²) in [5, 5.41) is 15.9. The minimum Gasteiger partial charge on any atom is -0.478 e. The Kier molecular flexibility index (Phi) is 9.69. The van der Waals surface area contributed by atoms with E-state index in [0.717, 1.165) is 6.08 Å². The number of hydrogen-bond donors (Lipinski definition) is 2. The molecule has 4 nitrogen and oxygen atoms in total. The summed E-state index contributed by atoms with van der Waals surface area (Å²) < 4.78 is 0. The predicted octanol–water partition coefficient (Wildman–Crippen LogP) is 1.85. The van der Waals surface area contributed by atoms with Crippen LogP contribution in [0.25, 0.3) is 0 Å². The lowest BCUT2D eigenvalue weighted by Crippen LogP contribution is -1.94. The van der Waals surface area contributed by atoms with Crippen LogP contribution in [0.2, 0.25) is 0 Å². The molecule has 0 rings (SSSR count). The lowest BCUT2D eigenvalue weighted by atomic mass is 10.2. The van der Waals surface area contributed by atoms with Crippen LogP contribution >= 0.6 is 0 Å². The third-order valence-electron chi connectivity index (χ3n) is 1.10. The van der Waals surface area contributed by atoms with Crippen LogP contribution in [-0.2, 0) is 9.59 Å². The topological polar surface area (TPSA) is 74.6 Å². The summed E-state index contributed by atoms with van der Waals surface area (Å²) in [6.45, 7) is 7.98. The summed E-state index contributed by atoms with van der Waals surface area (Å²) in [6, 6.07) is 0. The predicted molar refractivity (Wildman–Crippen MR) is 54.0 cm³/mol. The molecule has 0 saturated heterocycles. The Hall–Kier alpha value is -1.84. The van der Waals surface area contributed by atoms with Crippen LogP contribution < -0.4 is 0 Å². The Labute approximate surface area is 82.9 Å². The molecule has 0 aliphatic rings. The summed E-state index contributed by atoms with van der Waals surface area (Å²) >= 11 is 0. The number of carboxylic acid groups (broad SMARTS) is 2. The Morgan fingerprint density at radius 2 is 1.71 bits per heavy atom. The first-order valence-corrected chi connectivity index (χ1v) is 3.82. The van der Waals surface area contributed by atoms with Crippen molar-refractivity contribution in [2.75, 3.05) is 0 Å². The van der Waals surface area contributed by atoms with Crippen molar-refractivity contribution in [3.8, 4) is 0 Å². The van der Waals surface area contributed by atoms with Crippen LogP contribution in [0.4, 0.5) is 0 Å². The van der Waals surface area contributed by atoms with E-state index in [4.69, 9.17) is 10.2 Å². The molecule has 0 saturated carbocycles. The van der Waals surface area contributed by atoms with Crippen molar-refractivity contribution >= 4 is 11.9 Å². The molecule has 78 valence electrons. The van der Waals surface area contributed by atoms with E-state index < -0.39 is 11.9 Å². The maximum atomic E-state index is 10.1. The van der Waals surface area contributed by atoms with Gasteiger partial charge in [-0.2, -0.15) is 0 Å². The minimum absolute atomic E-state index is 0.370. The maximum Gasteiger partial charge on any atom is 0.330 e. The molecule has 0 fully saturated rings. The number of allylic oxidation sites excluding steroid dienone is 2. The maximum absolute atomic E-state index is 10.1. The van der Waals surface area contributed by atoms with Crippen molar-refractivity contribution in [2.24, 2.45) is 0 Å². The van der Waals surface area contributed by atoms with Crippen LogP contribution in [0, 0.1) is 0 Å². The molecule has 0 radical (unpaired) electrons. The zero-order valence-electron chi connectivity index (χ0n) is 8.06. The summed E-state index contributed by atoms with van der Waals surface area (Å²) in [7, 11) is 0. The zero-order valence-corrected chi connectivity index (χ0v) is 8.06. The average Bonchev–Trinajstić information content (AvgIpc) is 2.14. The summed E-state index contributed by atoms with van der Waals surface area (Å²) in [5.41, 5.74) is 0.370. The molecular weight excluding hydrogens is 184 g/mol. The van der Waals surface area contributed by atoms with E-state index in [1.54, 1.807) is 19.1 Å². The van der Waals surface area contributed by atoms with E-state index in [1.165, 1.54) is 0 Å². The van der Waals surface area contributed by atoms with E-state index in [0.29, 0.717) is 12.0 Å². The fourth-order valence-electron chi connectivity index (χ4n) is 0.347. The molecule has 0 aliphatic carbocycles. The molecule has 0 aliphatic heterocycles. The van der Waals surface area contributed by atoms with Crippen molar-refractivity contribution in [2.45, 2.75) is 13.3 Å². The van der Waals surface area contributed by atoms with Crippen molar-refractivity contribution in [3.05, 3.63) is 37.0 Å². The first-order chi connectivity index (χ1) is 6.45. The molecule has 0 unspecified atom stereocenters. The molecule has 2 N–H and O–H groups in total. The van der Waals surface area contributed by atoms with Crippen LogP contribution in [0.3, 0.4) is 0 Å². The fourth-order valence-corrected chi connectivity index (χ4v) is 0.347. The molecule has 14 heavy (non-hydrogen) atoms. The summed E-state index contributed by atoms with van der Waals surface area (Å²) in [4.78, 5) is 19.4. The van der Waals surface area contributed by atoms with E-state index in [2.05, 4.69) is 13.2 Å². The highest BCUT2D eigenvalue weighted by Crippen LogP contribution is 1.94. The number of carboxylic acids is 2. The molecule has 0 atom stereocenters. The van der Waals surface area contributed by atoms with Crippen molar-refractivity contribution in [3.63, 3.8) is 0 Å². The smallest absolute Gasteiger partial charge is 0.330 e. The molecular formula is C10H14O4. The number of aliphatic carboxylic acids is 2. The molecule has 0 spiro atoms. The lowest BCUT2D eigenvalue weighted by Gasteiger charge is -1.87. The summed E-state index contributed by atoms with van der Waals surface area (Å²) in [6.07, 6.45) is 4.74. The van der Waals surface area contributed by atoms with Crippen molar-refractivity contribution < 1.29 is 19.8 Å². The SMILES string of the molecule is C=CC(=O)O.C=CCC=C(C)C(=O)O. The van der Waals surface area contributed by atoms with E-state index in [9.17, 15) is 9.59 Å². The van der Waals surface area contributed by atoms with Crippen LogP contribution in [0.15, 0.2) is 37.0 Å².